The number of amides is 3. The van der Waals surface area contributed by atoms with Crippen LogP contribution in [0.4, 0.5) is 37.9 Å². The molecular formula is C29H31FN6O4. The fourth-order valence-corrected chi connectivity index (χ4v) is 4.77. The van der Waals surface area contributed by atoms with Gasteiger partial charge in [0.15, 0.2) is 5.82 Å². The van der Waals surface area contributed by atoms with Gasteiger partial charge in [0.05, 0.1) is 28.7 Å². The van der Waals surface area contributed by atoms with E-state index in [4.69, 9.17) is 4.74 Å². The van der Waals surface area contributed by atoms with Gasteiger partial charge in [-0.05, 0) is 82.0 Å². The minimum Gasteiger partial charge on any atom is -0.446 e. The highest BCUT2D eigenvalue weighted by Crippen LogP contribution is 2.43. The zero-order valence-electron chi connectivity index (χ0n) is 22.8. The number of hydrogen-bond donors (Lipinski definition) is 2. The maximum absolute atomic E-state index is 13.4. The summed E-state index contributed by atoms with van der Waals surface area (Å²) in [7, 11) is 0. The fraction of sp³-hybridized carbons (Fsp3) is 0.345. The standard InChI is InChI=1S/C15H14N4O.C14H17FN2O3/c1-9-6-8-17-14-12(9)18-15(20)11-3-2-7-16-13(11)19(14)10-4-5-10;1-4-11-13(18)16-10-6-5-9(15)7-12(10)17(11)14(19)20-8(2)3/h2-3,6-8,10H,4-5H2,1H3,(H,18,20);5-8,11H,4H2,1-3H3,(H,16,18)/t;11-/m.0/s1. The van der Waals surface area contributed by atoms with Crippen molar-refractivity contribution in [2.24, 2.45) is 0 Å². The maximum atomic E-state index is 13.4. The number of carbonyl (C=O) groups is 3. The molecule has 0 saturated heterocycles. The number of ether oxygens (including phenoxy) is 1. The number of aromatic nitrogens is 2. The van der Waals surface area contributed by atoms with Gasteiger partial charge in [-0.1, -0.05) is 6.92 Å². The normalized spacial score (nSPS) is 17.4. The largest absolute Gasteiger partial charge is 0.446 e. The Balaban J connectivity index is 0.000000161. The first-order valence-electron chi connectivity index (χ1n) is 13.3. The Morgan fingerprint density at radius 3 is 2.55 bits per heavy atom. The molecule has 2 N–H and O–H groups in total. The van der Waals surface area contributed by atoms with Crippen molar-refractivity contribution in [1.82, 2.24) is 9.97 Å². The number of rotatable bonds is 3. The summed E-state index contributed by atoms with van der Waals surface area (Å²) >= 11 is 0. The Morgan fingerprint density at radius 2 is 1.85 bits per heavy atom. The second-order valence-electron chi connectivity index (χ2n) is 10.1. The Hall–Kier alpha value is -4.54. The van der Waals surface area contributed by atoms with Crippen LogP contribution in [0.5, 0.6) is 0 Å². The lowest BCUT2D eigenvalue weighted by atomic mass is 10.1. The van der Waals surface area contributed by atoms with Crippen LogP contribution < -0.4 is 20.4 Å². The average molecular weight is 547 g/mol. The average Bonchev–Trinajstić information content (AvgIpc) is 3.76. The van der Waals surface area contributed by atoms with E-state index in [0.29, 0.717) is 35.2 Å². The van der Waals surface area contributed by atoms with Gasteiger partial charge in [0.2, 0.25) is 5.91 Å². The number of pyridine rings is 2. The van der Waals surface area contributed by atoms with Gasteiger partial charge in [-0.3, -0.25) is 14.5 Å². The number of fused-ring (bicyclic) bond motifs is 3. The van der Waals surface area contributed by atoms with E-state index in [0.717, 1.165) is 29.9 Å². The van der Waals surface area contributed by atoms with Crippen LogP contribution in [0.2, 0.25) is 0 Å². The monoisotopic (exact) mass is 546 g/mol. The van der Waals surface area contributed by atoms with Crippen molar-refractivity contribution in [3.05, 3.63) is 65.7 Å². The Kier molecular flexibility index (Phi) is 7.38. The van der Waals surface area contributed by atoms with Crippen molar-refractivity contribution in [2.45, 2.75) is 65.1 Å². The lowest BCUT2D eigenvalue weighted by Gasteiger charge is -2.35. The molecule has 40 heavy (non-hydrogen) atoms. The molecular weight excluding hydrogens is 515 g/mol. The minimum atomic E-state index is -0.699. The molecule has 0 unspecified atom stereocenters. The zero-order chi connectivity index (χ0) is 28.6. The van der Waals surface area contributed by atoms with E-state index < -0.39 is 18.0 Å². The number of hydrogen-bond acceptors (Lipinski definition) is 7. The summed E-state index contributed by atoms with van der Waals surface area (Å²) in [6.07, 6.45) is 5.18. The second kappa shape index (κ2) is 10.9. The highest BCUT2D eigenvalue weighted by atomic mass is 19.1. The summed E-state index contributed by atoms with van der Waals surface area (Å²) in [4.78, 5) is 48.9. The minimum absolute atomic E-state index is 0.117. The molecule has 4 heterocycles. The number of nitrogens with zero attached hydrogens (tertiary/aromatic N) is 4. The Labute approximate surface area is 231 Å². The summed E-state index contributed by atoms with van der Waals surface area (Å²) < 4.78 is 18.6. The van der Waals surface area contributed by atoms with E-state index >= 15 is 0 Å². The molecule has 1 aliphatic carbocycles. The van der Waals surface area contributed by atoms with Gasteiger partial charge in [-0.15, -0.1) is 0 Å². The quantitative estimate of drug-likeness (QED) is 0.442. The van der Waals surface area contributed by atoms with Gasteiger partial charge in [0, 0.05) is 18.4 Å². The van der Waals surface area contributed by atoms with Crippen molar-refractivity contribution in [2.75, 3.05) is 20.4 Å². The van der Waals surface area contributed by atoms with E-state index in [9.17, 15) is 18.8 Å². The number of carbonyl (C=O) groups excluding carboxylic acids is 3. The molecule has 3 aromatic rings. The summed E-state index contributed by atoms with van der Waals surface area (Å²) in [5.74, 6) is 0.626. The van der Waals surface area contributed by atoms with Crippen molar-refractivity contribution < 1.29 is 23.5 Å². The maximum Gasteiger partial charge on any atom is 0.415 e. The second-order valence-corrected chi connectivity index (χ2v) is 10.1. The number of anilines is 5. The summed E-state index contributed by atoms with van der Waals surface area (Å²) in [6, 6.07) is 9.10. The topological polar surface area (TPSA) is 117 Å². The highest BCUT2D eigenvalue weighted by molar-refractivity contribution is 6.12. The molecule has 1 saturated carbocycles. The van der Waals surface area contributed by atoms with Crippen LogP contribution in [0.1, 0.15) is 56.0 Å². The third-order valence-electron chi connectivity index (χ3n) is 6.79. The van der Waals surface area contributed by atoms with Crippen LogP contribution >= 0.6 is 0 Å². The predicted octanol–water partition coefficient (Wildman–Crippen LogP) is 5.56. The van der Waals surface area contributed by atoms with Crippen molar-refractivity contribution in [1.29, 1.82) is 0 Å². The van der Waals surface area contributed by atoms with E-state index in [1.807, 2.05) is 19.1 Å². The van der Waals surface area contributed by atoms with Gasteiger partial charge in [-0.25, -0.2) is 19.2 Å². The van der Waals surface area contributed by atoms with Gasteiger partial charge in [0.1, 0.15) is 17.7 Å². The number of halogens is 1. The van der Waals surface area contributed by atoms with Gasteiger partial charge in [0.25, 0.3) is 5.91 Å². The van der Waals surface area contributed by atoms with Crippen LogP contribution in [0.15, 0.2) is 48.8 Å². The van der Waals surface area contributed by atoms with Crippen LogP contribution in [0.25, 0.3) is 0 Å². The lowest BCUT2D eigenvalue weighted by Crippen LogP contribution is -2.51. The van der Waals surface area contributed by atoms with Gasteiger partial charge in [-0.2, -0.15) is 0 Å². The molecule has 3 amide bonds. The molecule has 2 aromatic heterocycles. The third kappa shape index (κ3) is 5.18. The Morgan fingerprint density at radius 1 is 1.10 bits per heavy atom. The molecule has 0 spiro atoms. The highest BCUT2D eigenvalue weighted by Gasteiger charge is 2.39. The SMILES string of the molecule is CC[C@H]1C(=O)Nc2ccc(F)cc2N1C(=O)OC(C)C.Cc1ccnc2c1NC(=O)c1cccnc1N2C1CC1. The van der Waals surface area contributed by atoms with Crippen LogP contribution in [-0.4, -0.2) is 46.1 Å². The molecule has 208 valence electrons. The molecule has 11 heteroatoms. The molecule has 1 atom stereocenters. The molecule has 3 aliphatic rings. The first-order chi connectivity index (χ1) is 19.2. The number of nitrogens with one attached hydrogen (secondary N) is 2. The predicted molar refractivity (Wildman–Crippen MR) is 150 cm³/mol. The molecule has 0 bridgehead atoms. The van der Waals surface area contributed by atoms with Crippen molar-refractivity contribution in [3.8, 4) is 0 Å². The molecule has 1 aromatic carbocycles. The summed E-state index contributed by atoms with van der Waals surface area (Å²) in [6.45, 7) is 7.20. The first kappa shape index (κ1) is 27.0. The molecule has 10 nitrogen and oxygen atoms in total. The molecule has 2 aliphatic heterocycles. The third-order valence-corrected chi connectivity index (χ3v) is 6.79. The van der Waals surface area contributed by atoms with Crippen LogP contribution in [0.3, 0.4) is 0 Å². The van der Waals surface area contributed by atoms with E-state index in [2.05, 4.69) is 25.5 Å². The lowest BCUT2D eigenvalue weighted by molar-refractivity contribution is -0.117. The zero-order valence-corrected chi connectivity index (χ0v) is 22.8. The molecule has 0 radical (unpaired) electrons. The molecule has 1 fully saturated rings. The first-order valence-corrected chi connectivity index (χ1v) is 13.3. The molecule has 6 rings (SSSR count). The van der Waals surface area contributed by atoms with Crippen molar-refractivity contribution >= 4 is 46.6 Å². The fourth-order valence-electron chi connectivity index (χ4n) is 4.77. The van der Waals surface area contributed by atoms with E-state index in [1.165, 1.54) is 23.1 Å². The van der Waals surface area contributed by atoms with Crippen molar-refractivity contribution in [3.63, 3.8) is 0 Å². The van der Waals surface area contributed by atoms with E-state index in [-0.39, 0.29) is 17.9 Å². The number of aryl methyl sites for hydroxylation is 1. The van der Waals surface area contributed by atoms with Crippen LogP contribution in [-0.2, 0) is 9.53 Å². The number of benzene rings is 1. The summed E-state index contributed by atoms with van der Waals surface area (Å²) in [5, 5.41) is 5.65. The smallest absolute Gasteiger partial charge is 0.415 e. The van der Waals surface area contributed by atoms with E-state index in [1.54, 1.807) is 39.2 Å². The van der Waals surface area contributed by atoms with Gasteiger partial charge < -0.3 is 20.3 Å². The van der Waals surface area contributed by atoms with Gasteiger partial charge >= 0.3 is 6.09 Å². The van der Waals surface area contributed by atoms with Crippen LogP contribution in [0, 0.1) is 12.7 Å². The summed E-state index contributed by atoms with van der Waals surface area (Å²) in [5.41, 5.74) is 3.14. The Bertz CT molecular complexity index is 1470.